The molecule has 17 heavy (non-hydrogen) atoms. The predicted molar refractivity (Wildman–Crippen MR) is 63.9 cm³/mol. The first-order valence-corrected chi connectivity index (χ1v) is 5.18. The van der Waals surface area contributed by atoms with Crippen LogP contribution in [0.3, 0.4) is 0 Å². The Labute approximate surface area is 98.7 Å². The SMILES string of the molecule is O=Cc1ccc(-c2ccccc2OCF)cc1. The third kappa shape index (κ3) is 2.50. The number of hydrogen-bond acceptors (Lipinski definition) is 2. The number of hydrogen-bond donors (Lipinski definition) is 0. The van der Waals surface area contributed by atoms with E-state index in [4.69, 9.17) is 4.74 Å². The largest absolute Gasteiger partial charge is 0.462 e. The Morgan fingerprint density at radius 2 is 1.76 bits per heavy atom. The molecule has 0 aromatic heterocycles. The van der Waals surface area contributed by atoms with E-state index in [0.29, 0.717) is 11.3 Å². The van der Waals surface area contributed by atoms with Gasteiger partial charge in [0, 0.05) is 11.1 Å². The van der Waals surface area contributed by atoms with Crippen molar-refractivity contribution in [3.63, 3.8) is 0 Å². The molecule has 0 radical (unpaired) electrons. The van der Waals surface area contributed by atoms with Crippen molar-refractivity contribution in [1.82, 2.24) is 0 Å². The first kappa shape index (κ1) is 11.3. The van der Waals surface area contributed by atoms with Crippen molar-refractivity contribution >= 4 is 6.29 Å². The van der Waals surface area contributed by atoms with Gasteiger partial charge in [-0.2, -0.15) is 0 Å². The van der Waals surface area contributed by atoms with Crippen molar-refractivity contribution in [3.05, 3.63) is 54.1 Å². The fourth-order valence-corrected chi connectivity index (χ4v) is 1.63. The van der Waals surface area contributed by atoms with Crippen molar-refractivity contribution < 1.29 is 13.9 Å². The summed E-state index contributed by atoms with van der Waals surface area (Å²) in [5.41, 5.74) is 2.31. The lowest BCUT2D eigenvalue weighted by molar-refractivity contribution is 0.112. The second-order valence-electron chi connectivity index (χ2n) is 3.49. The van der Waals surface area contributed by atoms with Gasteiger partial charge in [-0.15, -0.1) is 0 Å². The van der Waals surface area contributed by atoms with Crippen LogP contribution in [-0.4, -0.2) is 13.1 Å². The van der Waals surface area contributed by atoms with Crippen LogP contribution in [-0.2, 0) is 0 Å². The van der Waals surface area contributed by atoms with Crippen LogP contribution in [0, 0.1) is 0 Å². The lowest BCUT2D eigenvalue weighted by atomic mass is 10.0. The number of halogens is 1. The Hall–Kier alpha value is -2.16. The van der Waals surface area contributed by atoms with E-state index >= 15 is 0 Å². The van der Waals surface area contributed by atoms with Gasteiger partial charge in [-0.1, -0.05) is 42.5 Å². The topological polar surface area (TPSA) is 26.3 Å². The van der Waals surface area contributed by atoms with Gasteiger partial charge in [-0.25, -0.2) is 4.39 Å². The average molecular weight is 230 g/mol. The van der Waals surface area contributed by atoms with Crippen LogP contribution in [0.25, 0.3) is 11.1 Å². The van der Waals surface area contributed by atoms with Crippen molar-refractivity contribution in [3.8, 4) is 16.9 Å². The minimum Gasteiger partial charge on any atom is -0.462 e. The highest BCUT2D eigenvalue weighted by Crippen LogP contribution is 2.29. The van der Waals surface area contributed by atoms with E-state index in [0.717, 1.165) is 17.4 Å². The molecule has 0 N–H and O–H groups in total. The molecule has 0 saturated heterocycles. The van der Waals surface area contributed by atoms with Crippen LogP contribution in [0.4, 0.5) is 4.39 Å². The number of alkyl halides is 1. The molecule has 2 nitrogen and oxygen atoms in total. The third-order valence-corrected chi connectivity index (χ3v) is 2.45. The Kier molecular flexibility index (Phi) is 3.50. The predicted octanol–water partition coefficient (Wildman–Crippen LogP) is 3.47. The number of para-hydroxylation sites is 1. The molecule has 2 aromatic rings. The number of benzene rings is 2. The molecule has 0 spiro atoms. The molecule has 86 valence electrons. The molecule has 0 amide bonds. The van der Waals surface area contributed by atoms with Gasteiger partial charge < -0.3 is 4.74 Å². The summed E-state index contributed by atoms with van der Waals surface area (Å²) in [5, 5.41) is 0. The Bertz CT molecular complexity index is 506. The summed E-state index contributed by atoms with van der Waals surface area (Å²) in [6.07, 6.45) is 0.785. The van der Waals surface area contributed by atoms with Gasteiger partial charge in [-0.3, -0.25) is 4.79 Å². The lowest BCUT2D eigenvalue weighted by Gasteiger charge is -2.08. The van der Waals surface area contributed by atoms with Gasteiger partial charge in [0.15, 0.2) is 0 Å². The zero-order valence-electron chi connectivity index (χ0n) is 9.10. The number of ether oxygens (including phenoxy) is 1. The van der Waals surface area contributed by atoms with Crippen LogP contribution in [0.2, 0.25) is 0 Å². The molecule has 0 unspecified atom stereocenters. The van der Waals surface area contributed by atoms with Gasteiger partial charge in [0.1, 0.15) is 12.0 Å². The normalized spacial score (nSPS) is 9.94. The summed E-state index contributed by atoms with van der Waals surface area (Å²) in [6, 6.07) is 14.3. The molecule has 0 bridgehead atoms. The van der Waals surface area contributed by atoms with E-state index < -0.39 is 6.86 Å². The van der Waals surface area contributed by atoms with Gasteiger partial charge >= 0.3 is 0 Å². The van der Waals surface area contributed by atoms with Gasteiger partial charge in [0.05, 0.1) is 0 Å². The Morgan fingerprint density at radius 3 is 2.41 bits per heavy atom. The molecule has 0 aliphatic heterocycles. The fraction of sp³-hybridized carbons (Fsp3) is 0.0714. The zero-order chi connectivity index (χ0) is 12.1. The van der Waals surface area contributed by atoms with Gasteiger partial charge in [0.2, 0.25) is 6.86 Å². The Balaban J connectivity index is 2.40. The molecule has 2 aromatic carbocycles. The van der Waals surface area contributed by atoms with Crippen LogP contribution < -0.4 is 4.74 Å². The first-order valence-electron chi connectivity index (χ1n) is 5.18. The summed E-state index contributed by atoms with van der Waals surface area (Å²) in [5.74, 6) is 0.494. The molecular formula is C14H11FO2. The summed E-state index contributed by atoms with van der Waals surface area (Å²) >= 11 is 0. The van der Waals surface area contributed by atoms with Gasteiger partial charge in [-0.05, 0) is 11.6 Å². The lowest BCUT2D eigenvalue weighted by Crippen LogP contribution is -1.92. The van der Waals surface area contributed by atoms with Crippen LogP contribution in [0.1, 0.15) is 10.4 Å². The molecule has 3 heteroatoms. The molecule has 0 atom stereocenters. The molecule has 0 heterocycles. The number of aldehydes is 1. The van der Waals surface area contributed by atoms with Crippen LogP contribution in [0.15, 0.2) is 48.5 Å². The van der Waals surface area contributed by atoms with E-state index in [2.05, 4.69) is 0 Å². The smallest absolute Gasteiger partial charge is 0.228 e. The van der Waals surface area contributed by atoms with Crippen LogP contribution in [0.5, 0.6) is 5.75 Å². The monoisotopic (exact) mass is 230 g/mol. The maximum Gasteiger partial charge on any atom is 0.228 e. The summed E-state index contributed by atoms with van der Waals surface area (Å²) in [7, 11) is 0. The van der Waals surface area contributed by atoms with Crippen molar-refractivity contribution in [2.24, 2.45) is 0 Å². The first-order chi connectivity index (χ1) is 8.35. The highest BCUT2D eigenvalue weighted by molar-refractivity contribution is 5.78. The van der Waals surface area contributed by atoms with Crippen LogP contribution >= 0.6 is 0 Å². The maximum atomic E-state index is 12.2. The van der Waals surface area contributed by atoms with E-state index in [-0.39, 0.29) is 0 Å². The van der Waals surface area contributed by atoms with Crippen molar-refractivity contribution in [2.75, 3.05) is 6.86 Å². The number of carbonyl (C=O) groups is 1. The third-order valence-electron chi connectivity index (χ3n) is 2.45. The minimum atomic E-state index is -0.858. The van der Waals surface area contributed by atoms with E-state index in [1.165, 1.54) is 0 Å². The van der Waals surface area contributed by atoms with Crippen molar-refractivity contribution in [1.29, 1.82) is 0 Å². The second kappa shape index (κ2) is 5.25. The van der Waals surface area contributed by atoms with E-state index in [1.807, 2.05) is 24.3 Å². The minimum absolute atomic E-state index is 0.494. The van der Waals surface area contributed by atoms with Gasteiger partial charge in [0.25, 0.3) is 0 Å². The molecule has 0 aliphatic rings. The molecular weight excluding hydrogens is 219 g/mol. The summed E-state index contributed by atoms with van der Waals surface area (Å²) in [6.45, 7) is -0.858. The zero-order valence-corrected chi connectivity index (χ0v) is 9.10. The molecule has 2 rings (SSSR count). The molecule has 0 saturated carbocycles. The fourth-order valence-electron chi connectivity index (χ4n) is 1.63. The highest BCUT2D eigenvalue weighted by atomic mass is 19.1. The second-order valence-corrected chi connectivity index (χ2v) is 3.49. The molecule has 0 aliphatic carbocycles. The highest BCUT2D eigenvalue weighted by Gasteiger charge is 2.05. The summed E-state index contributed by atoms with van der Waals surface area (Å²) in [4.78, 5) is 10.5. The van der Waals surface area contributed by atoms with Crippen molar-refractivity contribution in [2.45, 2.75) is 0 Å². The number of rotatable bonds is 4. The average Bonchev–Trinajstić information content (AvgIpc) is 2.40. The molecule has 0 fully saturated rings. The Morgan fingerprint density at radius 1 is 1.06 bits per heavy atom. The quantitative estimate of drug-likeness (QED) is 0.752. The van der Waals surface area contributed by atoms with E-state index in [1.54, 1.807) is 24.3 Å². The standard InChI is InChI=1S/C14H11FO2/c15-10-17-14-4-2-1-3-13(14)12-7-5-11(9-16)6-8-12/h1-9H,10H2. The number of carbonyl (C=O) groups excluding carboxylic acids is 1. The maximum absolute atomic E-state index is 12.2. The van der Waals surface area contributed by atoms with E-state index in [9.17, 15) is 9.18 Å². The summed E-state index contributed by atoms with van der Waals surface area (Å²) < 4.78 is 17.1.